The van der Waals surface area contributed by atoms with E-state index in [1.54, 1.807) is 4.90 Å². The molecular formula is C15H16F3N3O2. The highest BCUT2D eigenvalue weighted by atomic mass is 19.4. The van der Waals surface area contributed by atoms with Gasteiger partial charge in [0, 0.05) is 57.0 Å². The SMILES string of the molecule is C#CCCN1CCN(c2ccc([N+](=O)[O-])cc2C(F)(F)F)CC1. The van der Waals surface area contributed by atoms with Crippen LogP contribution >= 0.6 is 0 Å². The molecule has 0 spiro atoms. The van der Waals surface area contributed by atoms with E-state index in [1.165, 1.54) is 6.07 Å². The van der Waals surface area contributed by atoms with Crippen molar-refractivity contribution >= 4 is 11.4 Å². The lowest BCUT2D eigenvalue weighted by molar-refractivity contribution is -0.385. The number of nitrogens with zero attached hydrogens (tertiary/aromatic N) is 3. The molecule has 0 unspecified atom stereocenters. The first-order valence-electron chi connectivity index (χ1n) is 7.09. The fraction of sp³-hybridized carbons (Fsp3) is 0.467. The van der Waals surface area contributed by atoms with Crippen LogP contribution in [0, 0.1) is 22.5 Å². The van der Waals surface area contributed by atoms with E-state index in [-0.39, 0.29) is 5.69 Å². The van der Waals surface area contributed by atoms with Gasteiger partial charge in [-0.1, -0.05) is 0 Å². The van der Waals surface area contributed by atoms with Crippen LogP contribution in [0.5, 0.6) is 0 Å². The normalized spacial score (nSPS) is 16.2. The fourth-order valence-corrected chi connectivity index (χ4v) is 2.58. The number of halogens is 3. The van der Waals surface area contributed by atoms with Crippen LogP contribution in [0.1, 0.15) is 12.0 Å². The standard InChI is InChI=1S/C15H16F3N3O2/c1-2-3-6-19-7-9-20(10-8-19)14-5-4-12(21(22)23)11-13(14)15(16,17)18/h1,4-5,11H,3,6-10H2. The zero-order valence-corrected chi connectivity index (χ0v) is 12.3. The number of non-ortho nitro benzene ring substituents is 1. The third-order valence-electron chi connectivity index (χ3n) is 3.78. The molecule has 8 heteroatoms. The predicted octanol–water partition coefficient (Wildman–Crippen LogP) is 2.76. The van der Waals surface area contributed by atoms with Gasteiger partial charge in [0.1, 0.15) is 0 Å². The van der Waals surface area contributed by atoms with Crippen molar-refractivity contribution in [1.82, 2.24) is 4.90 Å². The van der Waals surface area contributed by atoms with E-state index in [2.05, 4.69) is 10.8 Å². The number of terminal acetylenes is 1. The van der Waals surface area contributed by atoms with Crippen molar-refractivity contribution in [1.29, 1.82) is 0 Å². The molecular weight excluding hydrogens is 311 g/mol. The third-order valence-corrected chi connectivity index (χ3v) is 3.78. The summed E-state index contributed by atoms with van der Waals surface area (Å²) in [4.78, 5) is 13.6. The van der Waals surface area contributed by atoms with Gasteiger partial charge >= 0.3 is 6.18 Å². The van der Waals surface area contributed by atoms with Gasteiger partial charge in [-0.15, -0.1) is 12.3 Å². The second-order valence-corrected chi connectivity index (χ2v) is 5.24. The molecule has 0 atom stereocenters. The molecule has 0 N–H and O–H groups in total. The van der Waals surface area contributed by atoms with E-state index in [0.29, 0.717) is 38.7 Å². The average molecular weight is 327 g/mol. The van der Waals surface area contributed by atoms with Crippen molar-refractivity contribution in [3.05, 3.63) is 33.9 Å². The Morgan fingerprint density at radius 2 is 1.91 bits per heavy atom. The van der Waals surface area contributed by atoms with Crippen LogP contribution in [0.2, 0.25) is 0 Å². The molecule has 124 valence electrons. The van der Waals surface area contributed by atoms with Gasteiger partial charge in [0.05, 0.1) is 10.5 Å². The van der Waals surface area contributed by atoms with Gasteiger partial charge in [0.2, 0.25) is 0 Å². The molecule has 1 aromatic rings. The zero-order chi connectivity index (χ0) is 17.0. The first-order valence-corrected chi connectivity index (χ1v) is 7.09. The fourth-order valence-electron chi connectivity index (χ4n) is 2.58. The van der Waals surface area contributed by atoms with Crippen molar-refractivity contribution in [2.45, 2.75) is 12.6 Å². The molecule has 0 aliphatic carbocycles. The van der Waals surface area contributed by atoms with Crippen LogP contribution in [-0.4, -0.2) is 42.5 Å². The Morgan fingerprint density at radius 1 is 1.26 bits per heavy atom. The van der Waals surface area contributed by atoms with Gasteiger partial charge in [-0.3, -0.25) is 15.0 Å². The number of nitro groups is 1. The Bertz CT molecular complexity index is 617. The lowest BCUT2D eigenvalue weighted by Gasteiger charge is -2.36. The van der Waals surface area contributed by atoms with Crippen LogP contribution < -0.4 is 4.90 Å². The molecule has 0 aromatic heterocycles. The van der Waals surface area contributed by atoms with Crippen molar-refractivity contribution in [2.75, 3.05) is 37.6 Å². The number of hydrogen-bond acceptors (Lipinski definition) is 4. The Morgan fingerprint density at radius 3 is 2.43 bits per heavy atom. The maximum absolute atomic E-state index is 13.2. The molecule has 1 heterocycles. The minimum Gasteiger partial charge on any atom is -0.368 e. The number of alkyl halides is 3. The lowest BCUT2D eigenvalue weighted by Crippen LogP contribution is -2.47. The van der Waals surface area contributed by atoms with E-state index in [4.69, 9.17) is 6.42 Å². The highest BCUT2D eigenvalue weighted by Gasteiger charge is 2.37. The smallest absolute Gasteiger partial charge is 0.368 e. The Kier molecular flexibility index (Phi) is 5.11. The predicted molar refractivity (Wildman–Crippen MR) is 80.2 cm³/mol. The van der Waals surface area contributed by atoms with Gasteiger partial charge in [-0.05, 0) is 6.07 Å². The molecule has 0 amide bonds. The largest absolute Gasteiger partial charge is 0.418 e. The van der Waals surface area contributed by atoms with Crippen molar-refractivity contribution in [2.24, 2.45) is 0 Å². The van der Waals surface area contributed by atoms with Gasteiger partial charge in [-0.2, -0.15) is 13.2 Å². The summed E-state index contributed by atoms with van der Waals surface area (Å²) in [6.45, 7) is 2.78. The molecule has 1 aliphatic heterocycles. The summed E-state index contributed by atoms with van der Waals surface area (Å²) in [5, 5.41) is 10.7. The summed E-state index contributed by atoms with van der Waals surface area (Å²) < 4.78 is 39.6. The van der Waals surface area contributed by atoms with Gasteiger partial charge in [-0.25, -0.2) is 0 Å². The molecule has 1 fully saturated rings. The van der Waals surface area contributed by atoms with Crippen LogP contribution in [0.25, 0.3) is 0 Å². The van der Waals surface area contributed by atoms with Gasteiger partial charge in [0.15, 0.2) is 0 Å². The summed E-state index contributed by atoms with van der Waals surface area (Å²) >= 11 is 0. The number of rotatable bonds is 4. The number of benzene rings is 1. The maximum atomic E-state index is 13.2. The van der Waals surface area contributed by atoms with Gasteiger partial charge < -0.3 is 4.90 Å². The molecule has 0 radical (unpaired) electrons. The van der Waals surface area contributed by atoms with Crippen LogP contribution in [-0.2, 0) is 6.18 Å². The number of nitro benzene ring substituents is 1. The number of hydrogen-bond donors (Lipinski definition) is 0. The summed E-state index contributed by atoms with van der Waals surface area (Å²) in [7, 11) is 0. The summed E-state index contributed by atoms with van der Waals surface area (Å²) in [6, 6.07) is 2.88. The van der Waals surface area contributed by atoms with Crippen LogP contribution in [0.4, 0.5) is 24.5 Å². The van der Waals surface area contributed by atoms with E-state index in [0.717, 1.165) is 12.6 Å². The molecule has 0 saturated carbocycles. The minimum absolute atomic E-state index is 0.0142. The van der Waals surface area contributed by atoms with Gasteiger partial charge in [0.25, 0.3) is 5.69 Å². The Hall–Kier alpha value is -2.27. The molecule has 5 nitrogen and oxygen atoms in total. The minimum atomic E-state index is -4.64. The number of piperazine rings is 1. The Labute approximate surface area is 131 Å². The van der Waals surface area contributed by atoms with E-state index < -0.39 is 22.4 Å². The summed E-state index contributed by atoms with van der Waals surface area (Å²) in [6.07, 6.45) is 1.17. The topological polar surface area (TPSA) is 49.6 Å². The first kappa shape index (κ1) is 17.1. The summed E-state index contributed by atoms with van der Waals surface area (Å²) in [5.41, 5.74) is -1.54. The van der Waals surface area contributed by atoms with Crippen molar-refractivity contribution in [3.63, 3.8) is 0 Å². The van der Waals surface area contributed by atoms with E-state index >= 15 is 0 Å². The molecule has 1 saturated heterocycles. The van der Waals surface area contributed by atoms with Crippen molar-refractivity contribution < 1.29 is 18.1 Å². The second-order valence-electron chi connectivity index (χ2n) is 5.24. The molecule has 1 aliphatic rings. The molecule has 1 aromatic carbocycles. The summed E-state index contributed by atoms with van der Waals surface area (Å²) in [5.74, 6) is 2.54. The average Bonchev–Trinajstić information content (AvgIpc) is 2.52. The zero-order valence-electron chi connectivity index (χ0n) is 12.3. The Balaban J connectivity index is 2.20. The third kappa shape index (κ3) is 4.13. The first-order chi connectivity index (χ1) is 10.8. The quantitative estimate of drug-likeness (QED) is 0.485. The highest BCUT2D eigenvalue weighted by molar-refractivity contribution is 5.59. The van der Waals surface area contributed by atoms with Crippen molar-refractivity contribution in [3.8, 4) is 12.3 Å². The monoisotopic (exact) mass is 327 g/mol. The molecule has 2 rings (SSSR count). The lowest BCUT2D eigenvalue weighted by atomic mass is 10.1. The number of anilines is 1. The molecule has 23 heavy (non-hydrogen) atoms. The highest BCUT2D eigenvalue weighted by Crippen LogP contribution is 2.39. The van der Waals surface area contributed by atoms with E-state index in [9.17, 15) is 23.3 Å². The van der Waals surface area contributed by atoms with E-state index in [1.807, 2.05) is 0 Å². The van der Waals surface area contributed by atoms with Crippen LogP contribution in [0.15, 0.2) is 18.2 Å². The van der Waals surface area contributed by atoms with Crippen LogP contribution in [0.3, 0.4) is 0 Å². The molecule has 0 bridgehead atoms. The maximum Gasteiger partial charge on any atom is 0.418 e. The second kappa shape index (κ2) is 6.87.